The molecule has 0 spiro atoms. The van der Waals surface area contributed by atoms with Gasteiger partial charge in [0.1, 0.15) is 18.0 Å². The Balaban J connectivity index is 1.53. The second kappa shape index (κ2) is 7.48. The quantitative estimate of drug-likeness (QED) is 0.906. The van der Waals surface area contributed by atoms with Crippen molar-refractivity contribution in [2.24, 2.45) is 5.92 Å². The lowest BCUT2D eigenvalue weighted by atomic mass is 9.80. The van der Waals surface area contributed by atoms with Crippen LogP contribution in [0.2, 0.25) is 0 Å². The van der Waals surface area contributed by atoms with Crippen molar-refractivity contribution in [2.45, 2.75) is 50.7 Å². The van der Waals surface area contributed by atoms with E-state index in [4.69, 9.17) is 0 Å². The monoisotopic (exact) mass is 348 g/mol. The maximum atomic E-state index is 10.5. The second-order valence-electron chi connectivity index (χ2n) is 7.25. The molecule has 0 unspecified atom stereocenters. The van der Waals surface area contributed by atoms with Gasteiger partial charge in [-0.3, -0.25) is 0 Å². The van der Waals surface area contributed by atoms with Crippen molar-refractivity contribution in [1.82, 2.24) is 9.97 Å². The van der Waals surface area contributed by atoms with E-state index < -0.39 is 0 Å². The molecule has 1 aliphatic carbocycles. The molecule has 3 heterocycles. The Labute approximate surface area is 148 Å². The fourth-order valence-electron chi connectivity index (χ4n) is 4.57. The van der Waals surface area contributed by atoms with Crippen molar-refractivity contribution >= 4 is 23.4 Å². The lowest BCUT2D eigenvalue weighted by molar-refractivity contribution is 0.0565. The minimum Gasteiger partial charge on any atom is -0.393 e. The molecule has 1 N–H and O–H groups in total. The van der Waals surface area contributed by atoms with Gasteiger partial charge in [-0.15, -0.1) is 0 Å². The molecule has 3 atom stereocenters. The third kappa shape index (κ3) is 3.36. The van der Waals surface area contributed by atoms with E-state index in [0.29, 0.717) is 12.0 Å². The van der Waals surface area contributed by atoms with Gasteiger partial charge in [-0.2, -0.15) is 11.8 Å². The van der Waals surface area contributed by atoms with Gasteiger partial charge >= 0.3 is 0 Å². The number of rotatable bonds is 3. The predicted molar refractivity (Wildman–Crippen MR) is 99.9 cm³/mol. The molecular weight excluding hydrogens is 320 g/mol. The molecule has 4 rings (SSSR count). The number of thioether (sulfide) groups is 1. The van der Waals surface area contributed by atoms with Gasteiger partial charge in [0.25, 0.3) is 0 Å². The zero-order valence-electron chi connectivity index (χ0n) is 14.3. The van der Waals surface area contributed by atoms with Crippen molar-refractivity contribution in [3.05, 3.63) is 12.4 Å². The number of aromatic nitrogens is 2. The molecule has 6 heteroatoms. The smallest absolute Gasteiger partial charge is 0.134 e. The zero-order chi connectivity index (χ0) is 16.4. The van der Waals surface area contributed by atoms with E-state index in [1.165, 1.54) is 37.2 Å². The highest BCUT2D eigenvalue weighted by Gasteiger charge is 2.37. The number of hydrogen-bond acceptors (Lipinski definition) is 6. The topological polar surface area (TPSA) is 52.5 Å². The third-order valence-corrected chi connectivity index (χ3v) is 6.79. The van der Waals surface area contributed by atoms with Crippen LogP contribution in [0.25, 0.3) is 0 Å². The first-order chi connectivity index (χ1) is 11.8. The molecule has 24 heavy (non-hydrogen) atoms. The molecule has 0 bridgehead atoms. The minimum absolute atomic E-state index is 0.134. The van der Waals surface area contributed by atoms with Crippen molar-refractivity contribution < 1.29 is 5.11 Å². The maximum absolute atomic E-state index is 10.5. The van der Waals surface area contributed by atoms with E-state index in [9.17, 15) is 5.11 Å². The average Bonchev–Trinajstić information content (AvgIpc) is 3.12. The van der Waals surface area contributed by atoms with Gasteiger partial charge in [-0.05, 0) is 25.7 Å². The number of hydrogen-bond donors (Lipinski definition) is 1. The first-order valence-electron chi connectivity index (χ1n) is 9.42. The Morgan fingerprint density at radius 1 is 0.958 bits per heavy atom. The lowest BCUT2D eigenvalue weighted by Crippen LogP contribution is -2.43. The van der Waals surface area contributed by atoms with E-state index in [0.717, 1.165) is 44.1 Å². The van der Waals surface area contributed by atoms with E-state index >= 15 is 0 Å². The van der Waals surface area contributed by atoms with Crippen molar-refractivity contribution in [1.29, 1.82) is 0 Å². The molecule has 1 saturated carbocycles. The van der Waals surface area contributed by atoms with Crippen molar-refractivity contribution in [3.8, 4) is 0 Å². The van der Waals surface area contributed by atoms with Gasteiger partial charge in [0.2, 0.25) is 0 Å². The van der Waals surface area contributed by atoms with Crippen LogP contribution in [0.3, 0.4) is 0 Å². The summed E-state index contributed by atoms with van der Waals surface area (Å²) in [5.41, 5.74) is 0. The summed E-state index contributed by atoms with van der Waals surface area (Å²) in [7, 11) is 0. The molecule has 2 aliphatic heterocycles. The Kier molecular flexibility index (Phi) is 5.13. The molecule has 5 nitrogen and oxygen atoms in total. The van der Waals surface area contributed by atoms with Gasteiger partial charge in [0.05, 0.1) is 6.10 Å². The normalized spacial score (nSPS) is 31.5. The Bertz CT molecular complexity index is 552. The Morgan fingerprint density at radius 3 is 2.58 bits per heavy atom. The second-order valence-corrected chi connectivity index (χ2v) is 8.48. The Hall–Kier alpha value is -1.01. The molecule has 3 fully saturated rings. The summed E-state index contributed by atoms with van der Waals surface area (Å²) >= 11 is 2.02. The summed E-state index contributed by atoms with van der Waals surface area (Å²) in [6, 6.07) is 2.61. The molecule has 132 valence electrons. The molecule has 0 radical (unpaired) electrons. The number of aliphatic hydroxyl groups excluding tert-OH is 1. The highest BCUT2D eigenvalue weighted by molar-refractivity contribution is 7.99. The third-order valence-electron chi connectivity index (χ3n) is 5.84. The van der Waals surface area contributed by atoms with Crippen LogP contribution in [-0.4, -0.2) is 58.4 Å². The van der Waals surface area contributed by atoms with Gasteiger partial charge in [-0.25, -0.2) is 9.97 Å². The van der Waals surface area contributed by atoms with Crippen LogP contribution in [0.5, 0.6) is 0 Å². The summed E-state index contributed by atoms with van der Waals surface area (Å²) in [4.78, 5) is 13.9. The molecule has 1 aromatic heterocycles. The van der Waals surface area contributed by atoms with Crippen LogP contribution >= 0.6 is 11.8 Å². The summed E-state index contributed by atoms with van der Waals surface area (Å²) in [5.74, 6) is 4.89. The van der Waals surface area contributed by atoms with Crippen LogP contribution in [0, 0.1) is 5.92 Å². The van der Waals surface area contributed by atoms with E-state index in [1.807, 2.05) is 11.8 Å². The van der Waals surface area contributed by atoms with Gasteiger partial charge < -0.3 is 14.9 Å². The van der Waals surface area contributed by atoms with Gasteiger partial charge in [0, 0.05) is 49.2 Å². The molecular formula is C18H28N4OS. The highest BCUT2D eigenvalue weighted by Crippen LogP contribution is 2.37. The Morgan fingerprint density at radius 2 is 1.75 bits per heavy atom. The molecule has 2 saturated heterocycles. The molecule has 0 amide bonds. The summed E-state index contributed by atoms with van der Waals surface area (Å²) in [5, 5.41) is 10.5. The number of anilines is 2. The zero-order valence-corrected chi connectivity index (χ0v) is 15.1. The fourth-order valence-corrected chi connectivity index (χ4v) is 5.47. The summed E-state index contributed by atoms with van der Waals surface area (Å²) in [6.45, 7) is 3.21. The van der Waals surface area contributed by atoms with E-state index in [1.54, 1.807) is 6.33 Å². The van der Waals surface area contributed by atoms with Crippen LogP contribution in [0.4, 0.5) is 11.6 Å². The van der Waals surface area contributed by atoms with E-state index in [-0.39, 0.29) is 6.10 Å². The van der Waals surface area contributed by atoms with Gasteiger partial charge in [-0.1, -0.05) is 12.8 Å². The van der Waals surface area contributed by atoms with Gasteiger partial charge in [0.15, 0.2) is 0 Å². The maximum Gasteiger partial charge on any atom is 0.134 e. The van der Waals surface area contributed by atoms with Crippen LogP contribution in [0.1, 0.15) is 38.5 Å². The standard InChI is InChI=1S/C18H28N4OS/c23-16-6-2-1-4-14(16)15-5-3-7-22(15)18-12-17(19-13-20-18)21-8-10-24-11-9-21/h12-16,23H,1-11H2/t14-,15+,16+/m0/s1. The SMILES string of the molecule is O[C@@H]1CCCC[C@H]1[C@H]1CCCN1c1cc(N2CCSCC2)ncn1. The van der Waals surface area contributed by atoms with E-state index in [2.05, 4.69) is 25.8 Å². The summed E-state index contributed by atoms with van der Waals surface area (Å²) < 4.78 is 0. The molecule has 1 aromatic rings. The van der Waals surface area contributed by atoms with Crippen molar-refractivity contribution in [3.63, 3.8) is 0 Å². The largest absolute Gasteiger partial charge is 0.393 e. The average molecular weight is 349 g/mol. The van der Waals surface area contributed by atoms with Crippen LogP contribution < -0.4 is 9.80 Å². The number of nitrogens with zero attached hydrogens (tertiary/aromatic N) is 4. The lowest BCUT2D eigenvalue weighted by Gasteiger charge is -2.38. The first-order valence-corrected chi connectivity index (χ1v) is 10.6. The first kappa shape index (κ1) is 16.5. The minimum atomic E-state index is -0.134. The van der Waals surface area contributed by atoms with Crippen LogP contribution in [-0.2, 0) is 0 Å². The van der Waals surface area contributed by atoms with Crippen LogP contribution in [0.15, 0.2) is 12.4 Å². The predicted octanol–water partition coefficient (Wildman–Crippen LogP) is 2.55. The number of aliphatic hydroxyl groups is 1. The molecule has 0 aromatic carbocycles. The fraction of sp³-hybridized carbons (Fsp3) is 0.778. The summed E-state index contributed by atoms with van der Waals surface area (Å²) in [6.07, 6.45) is 8.53. The van der Waals surface area contributed by atoms with Crippen molar-refractivity contribution in [2.75, 3.05) is 40.9 Å². The highest BCUT2D eigenvalue weighted by atomic mass is 32.2. The molecule has 3 aliphatic rings.